The predicted octanol–water partition coefficient (Wildman–Crippen LogP) is 2.67. The third kappa shape index (κ3) is 4.64. The molecule has 0 bridgehead atoms. The Labute approximate surface area is 229 Å². The fourth-order valence-corrected chi connectivity index (χ4v) is 5.80. The molecule has 1 unspecified atom stereocenters. The molecule has 0 spiro atoms. The number of aromatic nitrogens is 5. The van der Waals surface area contributed by atoms with E-state index in [1.165, 1.54) is 5.56 Å². The Bertz CT molecular complexity index is 1510. The SMILES string of the molecule is CC(C)(O)Cn1cc2c(n1)CN(c1ccc(-c3nc4nc(OC5CO[C@@H]6[C@H](O)CO[C@H]56)[nH]c4cc3Cl)cc1)C2. The average molecular weight is 553 g/mol. The van der Waals surface area contributed by atoms with E-state index in [0.717, 1.165) is 23.5 Å². The van der Waals surface area contributed by atoms with Gasteiger partial charge in [-0.2, -0.15) is 10.1 Å². The largest absolute Gasteiger partial charge is 0.456 e. The Morgan fingerprint density at radius 3 is 2.69 bits per heavy atom. The van der Waals surface area contributed by atoms with Crippen molar-refractivity contribution in [1.82, 2.24) is 24.7 Å². The normalized spacial score (nSPS) is 24.5. The maximum atomic E-state index is 10.1. The molecule has 12 heteroatoms. The summed E-state index contributed by atoms with van der Waals surface area (Å²) in [6.45, 7) is 6.06. The van der Waals surface area contributed by atoms with E-state index in [9.17, 15) is 10.2 Å². The number of aromatic amines is 1. The third-order valence-corrected chi connectivity index (χ3v) is 7.62. The highest BCUT2D eigenvalue weighted by atomic mass is 35.5. The lowest BCUT2D eigenvalue weighted by atomic mass is 10.1. The summed E-state index contributed by atoms with van der Waals surface area (Å²) in [6, 6.07) is 10.2. The number of H-pyrrole nitrogens is 1. The number of ether oxygens (including phenoxy) is 3. The number of pyridine rings is 1. The van der Waals surface area contributed by atoms with Crippen LogP contribution in [-0.2, 0) is 29.1 Å². The van der Waals surface area contributed by atoms with Crippen LogP contribution in [0.2, 0.25) is 5.02 Å². The van der Waals surface area contributed by atoms with E-state index in [4.69, 9.17) is 30.8 Å². The van der Waals surface area contributed by atoms with Gasteiger partial charge in [-0.25, -0.2) is 4.98 Å². The highest BCUT2D eigenvalue weighted by Crippen LogP contribution is 2.34. The molecule has 0 amide bonds. The first-order chi connectivity index (χ1) is 18.7. The van der Waals surface area contributed by atoms with Gasteiger partial charge in [0, 0.05) is 29.6 Å². The highest BCUT2D eigenvalue weighted by molar-refractivity contribution is 6.33. The molecule has 3 aromatic heterocycles. The van der Waals surface area contributed by atoms with E-state index in [0.29, 0.717) is 47.6 Å². The molecule has 0 radical (unpaired) electrons. The van der Waals surface area contributed by atoms with E-state index in [-0.39, 0.29) is 24.9 Å². The minimum Gasteiger partial charge on any atom is -0.456 e. The van der Waals surface area contributed by atoms with Gasteiger partial charge < -0.3 is 34.3 Å². The van der Waals surface area contributed by atoms with Crippen molar-refractivity contribution in [3.8, 4) is 17.3 Å². The molecule has 4 atom stereocenters. The van der Waals surface area contributed by atoms with Crippen LogP contribution >= 0.6 is 11.6 Å². The van der Waals surface area contributed by atoms with Crippen molar-refractivity contribution in [1.29, 1.82) is 0 Å². The molecule has 1 aromatic carbocycles. The van der Waals surface area contributed by atoms with Gasteiger partial charge in [0.25, 0.3) is 6.01 Å². The average Bonchev–Trinajstić information content (AvgIpc) is 3.67. The molecule has 4 aromatic rings. The van der Waals surface area contributed by atoms with Crippen LogP contribution in [0.1, 0.15) is 25.1 Å². The summed E-state index contributed by atoms with van der Waals surface area (Å²) in [7, 11) is 0. The molecule has 6 heterocycles. The number of hydrogen-bond donors (Lipinski definition) is 3. The summed E-state index contributed by atoms with van der Waals surface area (Å²) < 4.78 is 19.1. The third-order valence-electron chi connectivity index (χ3n) is 7.33. The number of imidazole rings is 1. The molecule has 7 rings (SSSR count). The number of nitrogens with zero attached hydrogens (tertiary/aromatic N) is 5. The molecule has 3 aliphatic heterocycles. The van der Waals surface area contributed by atoms with Crippen LogP contribution in [0.5, 0.6) is 6.01 Å². The topological polar surface area (TPSA) is 131 Å². The smallest absolute Gasteiger partial charge is 0.296 e. The lowest BCUT2D eigenvalue weighted by Crippen LogP contribution is -2.34. The summed E-state index contributed by atoms with van der Waals surface area (Å²) in [5.74, 6) is 0. The van der Waals surface area contributed by atoms with Gasteiger partial charge in [-0.1, -0.05) is 23.7 Å². The molecule has 39 heavy (non-hydrogen) atoms. The summed E-state index contributed by atoms with van der Waals surface area (Å²) >= 11 is 6.62. The van der Waals surface area contributed by atoms with Crippen molar-refractivity contribution in [3.05, 3.63) is 52.8 Å². The first-order valence-corrected chi connectivity index (χ1v) is 13.4. The van der Waals surface area contributed by atoms with E-state index in [2.05, 4.69) is 32.1 Å². The zero-order valence-corrected chi connectivity index (χ0v) is 22.3. The number of benzene rings is 1. The number of rotatable bonds is 6. The van der Waals surface area contributed by atoms with E-state index in [1.807, 2.05) is 23.0 Å². The molecular weight excluding hydrogens is 524 g/mol. The van der Waals surface area contributed by atoms with Crippen LogP contribution in [0.15, 0.2) is 36.5 Å². The second-order valence-electron chi connectivity index (χ2n) is 11.1. The van der Waals surface area contributed by atoms with Gasteiger partial charge in [0.2, 0.25) is 0 Å². The van der Waals surface area contributed by atoms with Crippen LogP contribution in [0, 0.1) is 0 Å². The number of fused-ring (bicyclic) bond motifs is 3. The molecule has 0 saturated carbocycles. The number of aliphatic hydroxyl groups is 2. The summed E-state index contributed by atoms with van der Waals surface area (Å²) in [5, 5.41) is 25.2. The second-order valence-corrected chi connectivity index (χ2v) is 11.5. The predicted molar refractivity (Wildman–Crippen MR) is 143 cm³/mol. The number of aliphatic hydroxyl groups excluding tert-OH is 1. The van der Waals surface area contributed by atoms with Gasteiger partial charge in [-0.05, 0) is 32.0 Å². The molecule has 3 N–H and O–H groups in total. The Morgan fingerprint density at radius 2 is 1.92 bits per heavy atom. The minimum absolute atomic E-state index is 0.237. The Hall–Kier alpha value is -3.22. The number of hydrogen-bond acceptors (Lipinski definition) is 9. The quantitative estimate of drug-likeness (QED) is 0.330. The summed E-state index contributed by atoms with van der Waals surface area (Å²) in [4.78, 5) is 14.6. The van der Waals surface area contributed by atoms with Gasteiger partial charge in [-0.15, -0.1) is 0 Å². The van der Waals surface area contributed by atoms with Crippen molar-refractivity contribution >= 4 is 28.5 Å². The van der Waals surface area contributed by atoms with Crippen molar-refractivity contribution in [3.63, 3.8) is 0 Å². The Kier molecular flexibility index (Phi) is 5.83. The maximum Gasteiger partial charge on any atom is 0.296 e. The monoisotopic (exact) mass is 552 g/mol. The number of anilines is 1. The fraction of sp³-hybridized carbons (Fsp3) is 0.444. The van der Waals surface area contributed by atoms with E-state index in [1.54, 1.807) is 19.9 Å². The van der Waals surface area contributed by atoms with Crippen molar-refractivity contribution in [2.24, 2.45) is 0 Å². The van der Waals surface area contributed by atoms with Gasteiger partial charge in [-0.3, -0.25) is 4.68 Å². The zero-order chi connectivity index (χ0) is 26.9. The van der Waals surface area contributed by atoms with Crippen molar-refractivity contribution in [2.75, 3.05) is 18.1 Å². The van der Waals surface area contributed by atoms with Crippen LogP contribution in [0.3, 0.4) is 0 Å². The Morgan fingerprint density at radius 1 is 1.13 bits per heavy atom. The minimum atomic E-state index is -0.804. The van der Waals surface area contributed by atoms with E-state index < -0.39 is 11.7 Å². The van der Waals surface area contributed by atoms with Gasteiger partial charge in [0.1, 0.15) is 18.3 Å². The first kappa shape index (κ1) is 24.8. The molecule has 2 fully saturated rings. The van der Waals surface area contributed by atoms with E-state index >= 15 is 0 Å². The first-order valence-electron chi connectivity index (χ1n) is 13.0. The van der Waals surface area contributed by atoms with Crippen molar-refractivity contribution in [2.45, 2.75) is 63.5 Å². The van der Waals surface area contributed by atoms with Gasteiger partial charge in [0.15, 0.2) is 11.8 Å². The number of nitrogens with one attached hydrogen (secondary N) is 1. The molecule has 2 saturated heterocycles. The standard InChI is InChI=1S/C27H29ClN6O5/c1-27(2,36)13-34-9-15-8-33(10-19(15)32-34)16-5-3-14(4-6-16)22-17(28)7-18-25(30-22)31-26(29-18)39-21-12-38-23-20(35)11-37-24(21)23/h3-7,9,20-21,23-24,35-36H,8,10-13H2,1-2H3,(H,29,30,31)/t20-,21?,23-,24-/m1/s1. The lowest BCUT2D eigenvalue weighted by Gasteiger charge is -2.20. The van der Waals surface area contributed by atoms with Crippen LogP contribution in [0.25, 0.3) is 22.4 Å². The molecule has 11 nitrogen and oxygen atoms in total. The lowest BCUT2D eigenvalue weighted by molar-refractivity contribution is 0.00706. The Balaban J connectivity index is 1.06. The zero-order valence-electron chi connectivity index (χ0n) is 21.5. The van der Waals surface area contributed by atoms with Crippen LogP contribution < -0.4 is 9.64 Å². The molecule has 0 aliphatic carbocycles. The van der Waals surface area contributed by atoms with Gasteiger partial charge in [0.05, 0.1) is 53.8 Å². The van der Waals surface area contributed by atoms with Crippen molar-refractivity contribution < 1.29 is 24.4 Å². The van der Waals surface area contributed by atoms with Crippen LogP contribution in [-0.4, -0.2) is 78.2 Å². The molecular formula is C27H29ClN6O5. The van der Waals surface area contributed by atoms with Gasteiger partial charge >= 0.3 is 0 Å². The second kappa shape index (κ2) is 9.17. The maximum absolute atomic E-state index is 10.1. The summed E-state index contributed by atoms with van der Waals surface area (Å²) in [5.41, 5.74) is 5.14. The molecule has 3 aliphatic rings. The van der Waals surface area contributed by atoms with Crippen LogP contribution in [0.4, 0.5) is 5.69 Å². The summed E-state index contributed by atoms with van der Waals surface area (Å²) in [6.07, 6.45) is 0.305. The number of halogens is 1. The fourth-order valence-electron chi connectivity index (χ4n) is 5.54. The highest BCUT2D eigenvalue weighted by Gasteiger charge is 2.48. The molecule has 204 valence electrons.